The van der Waals surface area contributed by atoms with E-state index in [1.165, 1.54) is 0 Å². The van der Waals surface area contributed by atoms with Gasteiger partial charge >= 0.3 is 0 Å². The standard InChI is InChI=1S/C22H19ClN4O3/c1-13-19(20(26-30-13)14-5-3-2-4-6-14)21(28)27-10-9-16(12-27)24-22-25-17-8-7-15(23)11-18(17)29-22/h2-8,11,16H,9-10,12H2,1H3,(H,24,25)/t16-/m1/s1. The number of rotatable bonds is 4. The van der Waals surface area contributed by atoms with Gasteiger partial charge in [0, 0.05) is 35.8 Å². The topological polar surface area (TPSA) is 84.4 Å². The molecule has 1 aliphatic rings. The molecule has 8 heteroatoms. The van der Waals surface area contributed by atoms with Gasteiger partial charge in [0.05, 0.1) is 0 Å². The van der Waals surface area contributed by atoms with Crippen LogP contribution in [0.1, 0.15) is 22.5 Å². The van der Waals surface area contributed by atoms with E-state index in [2.05, 4.69) is 15.5 Å². The van der Waals surface area contributed by atoms with Gasteiger partial charge in [0.25, 0.3) is 11.9 Å². The monoisotopic (exact) mass is 422 g/mol. The summed E-state index contributed by atoms with van der Waals surface area (Å²) in [5.41, 5.74) is 3.31. The molecule has 5 rings (SSSR count). The number of aromatic nitrogens is 2. The number of likely N-dealkylation sites (tertiary alicyclic amines) is 1. The van der Waals surface area contributed by atoms with Crippen molar-refractivity contribution in [3.63, 3.8) is 0 Å². The molecule has 0 radical (unpaired) electrons. The minimum atomic E-state index is -0.0822. The molecule has 1 atom stereocenters. The number of aryl methyl sites for hydroxylation is 1. The number of hydrogen-bond donors (Lipinski definition) is 1. The summed E-state index contributed by atoms with van der Waals surface area (Å²) >= 11 is 6.01. The second-order valence-corrected chi connectivity index (χ2v) is 7.78. The van der Waals surface area contributed by atoms with Crippen molar-refractivity contribution in [2.45, 2.75) is 19.4 Å². The quantitative estimate of drug-likeness (QED) is 0.510. The van der Waals surface area contributed by atoms with Crippen LogP contribution in [0.3, 0.4) is 0 Å². The van der Waals surface area contributed by atoms with Gasteiger partial charge < -0.3 is 19.2 Å². The van der Waals surface area contributed by atoms with Crippen LogP contribution >= 0.6 is 11.6 Å². The van der Waals surface area contributed by atoms with Gasteiger partial charge in [0.1, 0.15) is 22.5 Å². The summed E-state index contributed by atoms with van der Waals surface area (Å²) in [6.45, 7) is 2.93. The molecule has 1 fully saturated rings. The van der Waals surface area contributed by atoms with E-state index in [0.717, 1.165) is 17.5 Å². The Morgan fingerprint density at radius 3 is 2.90 bits per heavy atom. The SMILES string of the molecule is Cc1onc(-c2ccccc2)c1C(=O)N1CC[C@@H](Nc2nc3ccc(Cl)cc3o2)C1. The fourth-order valence-electron chi connectivity index (χ4n) is 3.77. The lowest BCUT2D eigenvalue weighted by Crippen LogP contribution is -2.32. The Kier molecular flexibility index (Phi) is 4.67. The number of halogens is 1. The van der Waals surface area contributed by atoms with Crippen LogP contribution in [0.2, 0.25) is 5.02 Å². The minimum absolute atomic E-state index is 0.0397. The van der Waals surface area contributed by atoms with Crippen molar-refractivity contribution in [3.05, 3.63) is 64.9 Å². The Morgan fingerprint density at radius 2 is 2.07 bits per heavy atom. The molecule has 1 aliphatic heterocycles. The van der Waals surface area contributed by atoms with Gasteiger partial charge in [-0.2, -0.15) is 4.98 Å². The number of hydrogen-bond acceptors (Lipinski definition) is 6. The molecule has 0 aliphatic carbocycles. The molecular formula is C22H19ClN4O3. The van der Waals surface area contributed by atoms with Gasteiger partial charge in [-0.15, -0.1) is 0 Å². The second kappa shape index (κ2) is 7.50. The number of nitrogens with one attached hydrogen (secondary N) is 1. The zero-order valence-electron chi connectivity index (χ0n) is 16.3. The highest BCUT2D eigenvalue weighted by Gasteiger charge is 2.32. The first-order valence-corrected chi connectivity index (χ1v) is 10.1. The van der Waals surface area contributed by atoms with E-state index in [-0.39, 0.29) is 11.9 Å². The lowest BCUT2D eigenvalue weighted by molar-refractivity contribution is 0.0790. The summed E-state index contributed by atoms with van der Waals surface area (Å²) in [6, 6.07) is 15.4. The third kappa shape index (κ3) is 3.41. The van der Waals surface area contributed by atoms with Crippen LogP contribution in [-0.4, -0.2) is 40.1 Å². The molecule has 2 aromatic carbocycles. The summed E-state index contributed by atoms with van der Waals surface area (Å²) in [4.78, 5) is 19.5. The lowest BCUT2D eigenvalue weighted by Gasteiger charge is -2.17. The number of nitrogens with zero attached hydrogens (tertiary/aromatic N) is 3. The number of fused-ring (bicyclic) bond motifs is 1. The average Bonchev–Trinajstić information content (AvgIpc) is 3.46. The molecule has 1 N–H and O–H groups in total. The first-order valence-electron chi connectivity index (χ1n) is 9.72. The number of amides is 1. The fraction of sp³-hybridized carbons (Fsp3) is 0.227. The highest BCUT2D eigenvalue weighted by molar-refractivity contribution is 6.31. The lowest BCUT2D eigenvalue weighted by atomic mass is 10.1. The van der Waals surface area contributed by atoms with E-state index in [1.807, 2.05) is 41.3 Å². The fourth-order valence-corrected chi connectivity index (χ4v) is 3.93. The molecule has 0 bridgehead atoms. The van der Waals surface area contributed by atoms with Crippen molar-refractivity contribution >= 4 is 34.6 Å². The highest BCUT2D eigenvalue weighted by atomic mass is 35.5. The number of anilines is 1. The Balaban J connectivity index is 1.32. The zero-order chi connectivity index (χ0) is 20.7. The van der Waals surface area contributed by atoms with Crippen LogP contribution in [0.4, 0.5) is 6.01 Å². The molecule has 0 saturated carbocycles. The van der Waals surface area contributed by atoms with Gasteiger partial charge in [0.15, 0.2) is 5.58 Å². The Bertz CT molecular complexity index is 1220. The molecule has 0 spiro atoms. The molecule has 3 heterocycles. The van der Waals surface area contributed by atoms with Crippen LogP contribution in [-0.2, 0) is 0 Å². The molecule has 7 nitrogen and oxygen atoms in total. The summed E-state index contributed by atoms with van der Waals surface area (Å²) in [5, 5.41) is 8.01. The molecule has 4 aromatic rings. The predicted molar refractivity (Wildman–Crippen MR) is 114 cm³/mol. The molecule has 30 heavy (non-hydrogen) atoms. The molecular weight excluding hydrogens is 404 g/mol. The number of carbonyl (C=O) groups is 1. The van der Waals surface area contributed by atoms with E-state index >= 15 is 0 Å². The molecule has 2 aromatic heterocycles. The molecule has 152 valence electrons. The van der Waals surface area contributed by atoms with Gasteiger partial charge in [-0.1, -0.05) is 47.1 Å². The van der Waals surface area contributed by atoms with Crippen LogP contribution in [0.5, 0.6) is 0 Å². The third-order valence-electron chi connectivity index (χ3n) is 5.28. The maximum absolute atomic E-state index is 13.2. The number of benzene rings is 2. The Hall–Kier alpha value is -3.32. The van der Waals surface area contributed by atoms with E-state index in [0.29, 0.717) is 46.7 Å². The Labute approximate surface area is 177 Å². The third-order valence-corrected chi connectivity index (χ3v) is 5.51. The first-order chi connectivity index (χ1) is 14.6. The van der Waals surface area contributed by atoms with Crippen molar-refractivity contribution in [1.82, 2.24) is 15.0 Å². The maximum atomic E-state index is 13.2. The van der Waals surface area contributed by atoms with Gasteiger partial charge in [-0.3, -0.25) is 4.79 Å². The van der Waals surface area contributed by atoms with Crippen LogP contribution in [0.15, 0.2) is 57.5 Å². The maximum Gasteiger partial charge on any atom is 0.295 e. The normalized spacial score (nSPS) is 16.3. The smallest absolute Gasteiger partial charge is 0.295 e. The summed E-state index contributed by atoms with van der Waals surface area (Å²) in [7, 11) is 0. The summed E-state index contributed by atoms with van der Waals surface area (Å²) in [5.74, 6) is 0.437. The number of carbonyl (C=O) groups excluding carboxylic acids is 1. The molecule has 1 saturated heterocycles. The second-order valence-electron chi connectivity index (χ2n) is 7.34. The van der Waals surface area contributed by atoms with Crippen molar-refractivity contribution < 1.29 is 13.7 Å². The van der Waals surface area contributed by atoms with Crippen LogP contribution in [0, 0.1) is 6.92 Å². The van der Waals surface area contributed by atoms with E-state index in [9.17, 15) is 4.79 Å². The van der Waals surface area contributed by atoms with Gasteiger partial charge in [-0.05, 0) is 25.5 Å². The summed E-state index contributed by atoms with van der Waals surface area (Å²) < 4.78 is 11.1. The Morgan fingerprint density at radius 1 is 1.23 bits per heavy atom. The van der Waals surface area contributed by atoms with Gasteiger partial charge in [-0.25, -0.2) is 0 Å². The van der Waals surface area contributed by atoms with E-state index in [4.69, 9.17) is 20.5 Å². The molecule has 1 amide bonds. The van der Waals surface area contributed by atoms with Crippen molar-refractivity contribution in [2.24, 2.45) is 0 Å². The van der Waals surface area contributed by atoms with Gasteiger partial charge in [0.2, 0.25) is 0 Å². The predicted octanol–water partition coefficient (Wildman–Crippen LogP) is 4.77. The molecule has 0 unspecified atom stereocenters. The zero-order valence-corrected chi connectivity index (χ0v) is 17.0. The van der Waals surface area contributed by atoms with Crippen LogP contribution in [0.25, 0.3) is 22.4 Å². The van der Waals surface area contributed by atoms with Crippen molar-refractivity contribution in [1.29, 1.82) is 0 Å². The minimum Gasteiger partial charge on any atom is -0.423 e. The average molecular weight is 423 g/mol. The van der Waals surface area contributed by atoms with Crippen LogP contribution < -0.4 is 5.32 Å². The van der Waals surface area contributed by atoms with E-state index < -0.39 is 0 Å². The largest absolute Gasteiger partial charge is 0.423 e. The van der Waals surface area contributed by atoms with E-state index in [1.54, 1.807) is 19.1 Å². The van der Waals surface area contributed by atoms with Crippen molar-refractivity contribution in [2.75, 3.05) is 18.4 Å². The first kappa shape index (κ1) is 18.7. The highest BCUT2D eigenvalue weighted by Crippen LogP contribution is 2.28. The van der Waals surface area contributed by atoms with Crippen molar-refractivity contribution in [3.8, 4) is 11.3 Å². The number of oxazole rings is 1. The summed E-state index contributed by atoms with van der Waals surface area (Å²) in [6.07, 6.45) is 0.788.